The fourth-order valence-electron chi connectivity index (χ4n) is 1.39. The maximum absolute atomic E-state index is 11.6. The molecule has 0 spiro atoms. The lowest BCUT2D eigenvalue weighted by atomic mass is 10.3. The Morgan fingerprint density at radius 1 is 1.20 bits per heavy atom. The molecule has 0 heterocycles. The van der Waals surface area contributed by atoms with Crippen molar-refractivity contribution in [1.82, 2.24) is 0 Å². The Bertz CT molecular complexity index is 451. The summed E-state index contributed by atoms with van der Waals surface area (Å²) in [6.07, 6.45) is 0.113. The zero-order chi connectivity index (χ0) is 14.8. The zero-order valence-electron chi connectivity index (χ0n) is 11.1. The third-order valence-corrected chi connectivity index (χ3v) is 2.26. The van der Waals surface area contributed by atoms with Crippen molar-refractivity contribution in [3.8, 4) is 5.75 Å². The summed E-state index contributed by atoms with van der Waals surface area (Å²) in [6, 6.07) is 6.91. The van der Waals surface area contributed by atoms with E-state index in [1.54, 1.807) is 24.3 Å². The van der Waals surface area contributed by atoms with Crippen molar-refractivity contribution in [2.24, 2.45) is 11.5 Å². The maximum atomic E-state index is 11.6. The third-order valence-electron chi connectivity index (χ3n) is 2.26. The van der Waals surface area contributed by atoms with Gasteiger partial charge in [-0.2, -0.15) is 0 Å². The Hall–Kier alpha value is -2.12. The Balaban J connectivity index is 2.51. The van der Waals surface area contributed by atoms with Gasteiger partial charge in [-0.05, 0) is 12.1 Å². The summed E-state index contributed by atoms with van der Waals surface area (Å²) in [5.74, 6) is -0.271. The number of benzene rings is 1. The van der Waals surface area contributed by atoms with E-state index in [9.17, 15) is 9.59 Å². The number of ether oxygens (including phenoxy) is 2. The SMILES string of the molecule is NCCOCC(=O)Nc1ccccc1OCCC(N)=O. The molecule has 5 N–H and O–H groups in total. The van der Waals surface area contributed by atoms with Gasteiger partial charge in [-0.25, -0.2) is 0 Å². The predicted octanol–water partition coefficient (Wildman–Crippen LogP) is -0.145. The number of para-hydroxylation sites is 2. The lowest BCUT2D eigenvalue weighted by Gasteiger charge is -2.12. The third kappa shape index (κ3) is 6.17. The van der Waals surface area contributed by atoms with Crippen LogP contribution in [0.3, 0.4) is 0 Å². The Morgan fingerprint density at radius 2 is 1.95 bits per heavy atom. The first-order valence-electron chi connectivity index (χ1n) is 6.21. The number of carbonyl (C=O) groups is 2. The van der Waals surface area contributed by atoms with Crippen LogP contribution in [0.5, 0.6) is 5.75 Å². The van der Waals surface area contributed by atoms with E-state index in [0.29, 0.717) is 24.6 Å². The van der Waals surface area contributed by atoms with Gasteiger partial charge >= 0.3 is 0 Å². The fourth-order valence-corrected chi connectivity index (χ4v) is 1.39. The van der Waals surface area contributed by atoms with Crippen molar-refractivity contribution >= 4 is 17.5 Å². The number of nitrogens with one attached hydrogen (secondary N) is 1. The smallest absolute Gasteiger partial charge is 0.250 e. The van der Waals surface area contributed by atoms with E-state index >= 15 is 0 Å². The fraction of sp³-hybridized carbons (Fsp3) is 0.385. The summed E-state index contributed by atoms with van der Waals surface area (Å²) in [6.45, 7) is 0.767. The second kappa shape index (κ2) is 8.89. The molecule has 0 atom stereocenters. The summed E-state index contributed by atoms with van der Waals surface area (Å²) >= 11 is 0. The zero-order valence-corrected chi connectivity index (χ0v) is 11.1. The Morgan fingerprint density at radius 3 is 2.65 bits per heavy atom. The van der Waals surface area contributed by atoms with Crippen LogP contribution < -0.4 is 21.5 Å². The van der Waals surface area contributed by atoms with Gasteiger partial charge in [-0.3, -0.25) is 9.59 Å². The minimum atomic E-state index is -0.443. The Kier molecular flexibility index (Phi) is 7.08. The van der Waals surface area contributed by atoms with Gasteiger partial charge in [-0.15, -0.1) is 0 Å². The first-order valence-corrected chi connectivity index (χ1v) is 6.21. The minimum Gasteiger partial charge on any atom is -0.491 e. The molecule has 0 fully saturated rings. The van der Waals surface area contributed by atoms with Crippen LogP contribution in [-0.2, 0) is 14.3 Å². The minimum absolute atomic E-state index is 0.0766. The van der Waals surface area contributed by atoms with Crippen LogP contribution in [0.15, 0.2) is 24.3 Å². The molecule has 0 aliphatic carbocycles. The van der Waals surface area contributed by atoms with Gasteiger partial charge < -0.3 is 26.3 Å². The van der Waals surface area contributed by atoms with Crippen molar-refractivity contribution < 1.29 is 19.1 Å². The van der Waals surface area contributed by atoms with Gasteiger partial charge in [0.25, 0.3) is 0 Å². The molecule has 1 aromatic carbocycles. The highest BCUT2D eigenvalue weighted by Crippen LogP contribution is 2.23. The monoisotopic (exact) mass is 281 g/mol. The van der Waals surface area contributed by atoms with Gasteiger partial charge in [-0.1, -0.05) is 12.1 Å². The van der Waals surface area contributed by atoms with E-state index in [-0.39, 0.29) is 25.5 Å². The molecule has 0 saturated carbocycles. The van der Waals surface area contributed by atoms with Crippen LogP contribution in [0, 0.1) is 0 Å². The average molecular weight is 281 g/mol. The number of anilines is 1. The van der Waals surface area contributed by atoms with E-state index in [1.165, 1.54) is 0 Å². The van der Waals surface area contributed by atoms with Crippen LogP contribution in [0.1, 0.15) is 6.42 Å². The summed E-state index contributed by atoms with van der Waals surface area (Å²) < 4.78 is 10.4. The van der Waals surface area contributed by atoms with Crippen LogP contribution >= 0.6 is 0 Å². The number of nitrogens with two attached hydrogens (primary N) is 2. The molecule has 0 bridgehead atoms. The highest BCUT2D eigenvalue weighted by Gasteiger charge is 2.08. The van der Waals surface area contributed by atoms with Gasteiger partial charge in [0.2, 0.25) is 11.8 Å². The standard InChI is InChI=1S/C13H19N3O4/c14-6-8-19-9-13(18)16-10-3-1-2-4-11(10)20-7-5-12(15)17/h1-4H,5-9,14H2,(H2,15,17)(H,16,18). The van der Waals surface area contributed by atoms with Crippen molar-refractivity contribution in [1.29, 1.82) is 0 Å². The van der Waals surface area contributed by atoms with E-state index in [1.807, 2.05) is 0 Å². The summed E-state index contributed by atoms with van der Waals surface area (Å²) in [7, 11) is 0. The van der Waals surface area contributed by atoms with E-state index in [0.717, 1.165) is 0 Å². The number of carbonyl (C=O) groups excluding carboxylic acids is 2. The van der Waals surface area contributed by atoms with Gasteiger partial charge in [0.1, 0.15) is 12.4 Å². The molecule has 0 aromatic heterocycles. The average Bonchev–Trinajstić information content (AvgIpc) is 2.40. The molecule has 110 valence electrons. The lowest BCUT2D eigenvalue weighted by Crippen LogP contribution is -2.21. The quantitative estimate of drug-likeness (QED) is 0.544. The van der Waals surface area contributed by atoms with Crippen LogP contribution in [0.25, 0.3) is 0 Å². The molecule has 20 heavy (non-hydrogen) atoms. The number of primary amides is 1. The number of amides is 2. The van der Waals surface area contributed by atoms with E-state index in [4.69, 9.17) is 20.9 Å². The van der Waals surface area contributed by atoms with Gasteiger partial charge in [0.15, 0.2) is 0 Å². The Labute approximate surface area is 117 Å². The summed E-state index contributed by atoms with van der Waals surface area (Å²) in [5.41, 5.74) is 10.8. The molecular formula is C13H19N3O4. The first kappa shape index (κ1) is 15.9. The van der Waals surface area contributed by atoms with Crippen molar-refractivity contribution in [3.63, 3.8) is 0 Å². The molecule has 1 aromatic rings. The summed E-state index contributed by atoms with van der Waals surface area (Å²) in [4.78, 5) is 22.3. The van der Waals surface area contributed by atoms with E-state index < -0.39 is 5.91 Å². The molecular weight excluding hydrogens is 262 g/mol. The largest absolute Gasteiger partial charge is 0.491 e. The molecule has 0 unspecified atom stereocenters. The summed E-state index contributed by atoms with van der Waals surface area (Å²) in [5, 5.41) is 2.66. The lowest BCUT2D eigenvalue weighted by molar-refractivity contribution is -0.120. The number of rotatable bonds is 9. The number of hydrogen-bond acceptors (Lipinski definition) is 5. The molecule has 0 aliphatic rings. The first-order chi connectivity index (χ1) is 9.63. The molecule has 0 saturated heterocycles. The predicted molar refractivity (Wildman–Crippen MR) is 74.3 cm³/mol. The van der Waals surface area contributed by atoms with Crippen LogP contribution in [0.4, 0.5) is 5.69 Å². The molecule has 0 aliphatic heterocycles. The van der Waals surface area contributed by atoms with Crippen molar-refractivity contribution in [3.05, 3.63) is 24.3 Å². The second-order valence-electron chi connectivity index (χ2n) is 3.95. The van der Waals surface area contributed by atoms with Crippen LogP contribution in [-0.4, -0.2) is 38.2 Å². The molecule has 7 heteroatoms. The van der Waals surface area contributed by atoms with Crippen LogP contribution in [0.2, 0.25) is 0 Å². The highest BCUT2D eigenvalue weighted by atomic mass is 16.5. The van der Waals surface area contributed by atoms with Crippen molar-refractivity contribution in [2.75, 3.05) is 31.7 Å². The molecule has 1 rings (SSSR count). The van der Waals surface area contributed by atoms with Gasteiger partial charge in [0, 0.05) is 6.54 Å². The molecule has 2 amide bonds. The topological polar surface area (TPSA) is 117 Å². The maximum Gasteiger partial charge on any atom is 0.250 e. The highest BCUT2D eigenvalue weighted by molar-refractivity contribution is 5.93. The second-order valence-corrected chi connectivity index (χ2v) is 3.95. The molecule has 0 radical (unpaired) electrons. The van der Waals surface area contributed by atoms with Crippen molar-refractivity contribution in [2.45, 2.75) is 6.42 Å². The van der Waals surface area contributed by atoms with E-state index in [2.05, 4.69) is 5.32 Å². The normalized spacial score (nSPS) is 10.1. The van der Waals surface area contributed by atoms with Gasteiger partial charge in [0.05, 0.1) is 25.3 Å². The number of hydrogen-bond donors (Lipinski definition) is 3. The molecule has 7 nitrogen and oxygen atoms in total.